The van der Waals surface area contributed by atoms with Crippen LogP contribution in [-0.2, 0) is 5.41 Å². The van der Waals surface area contributed by atoms with Crippen molar-refractivity contribution in [1.82, 2.24) is 4.75 Å². The van der Waals surface area contributed by atoms with Gasteiger partial charge in [-0.1, -0.05) is 58.3 Å². The Morgan fingerprint density at radius 3 is 2.00 bits per heavy atom. The Hall–Kier alpha value is 0.140. The zero-order valence-corrected chi connectivity index (χ0v) is 12.9. The number of aromatic nitrogens is 1. The summed E-state index contributed by atoms with van der Waals surface area (Å²) < 4.78 is 4.45. The normalized spacial score (nSPS) is 23.8. The SMILES string of the molecule is CC1(c2cn[pH]p2)CCCCCCCCCC1. The van der Waals surface area contributed by atoms with Gasteiger partial charge in [0.1, 0.15) is 0 Å². The van der Waals surface area contributed by atoms with Crippen molar-refractivity contribution in [1.29, 1.82) is 0 Å². The number of hydrogen-bond acceptors (Lipinski definition) is 1. The predicted octanol–water partition coefficient (Wildman–Crippen LogP) is 5.87. The van der Waals surface area contributed by atoms with E-state index in [0.717, 1.165) is 8.03 Å². The Bertz CT molecular complexity index is 296. The molecule has 1 aromatic heterocycles. The second kappa shape index (κ2) is 6.91. The first-order valence-electron chi connectivity index (χ1n) is 7.17. The van der Waals surface area contributed by atoms with Crippen molar-refractivity contribution >= 4 is 15.9 Å². The Morgan fingerprint density at radius 1 is 1.00 bits per heavy atom. The molecule has 0 bridgehead atoms. The van der Waals surface area contributed by atoms with Gasteiger partial charge in [0, 0.05) is 11.5 Å². The van der Waals surface area contributed by atoms with Crippen LogP contribution in [0.4, 0.5) is 0 Å². The molecule has 1 heterocycles. The summed E-state index contributed by atoms with van der Waals surface area (Å²) in [6.45, 7) is 2.50. The molecule has 2 rings (SSSR count). The highest BCUT2D eigenvalue weighted by Crippen LogP contribution is 2.42. The predicted molar refractivity (Wildman–Crippen MR) is 79.8 cm³/mol. The molecule has 0 radical (unpaired) electrons. The summed E-state index contributed by atoms with van der Waals surface area (Å²) in [4.78, 5) is 0. The van der Waals surface area contributed by atoms with Crippen LogP contribution in [0.2, 0.25) is 0 Å². The van der Waals surface area contributed by atoms with Crippen LogP contribution in [0.3, 0.4) is 0 Å². The fourth-order valence-corrected chi connectivity index (χ4v) is 5.69. The number of nitrogens with zero attached hydrogens (tertiary/aromatic N) is 1. The summed E-state index contributed by atoms with van der Waals surface area (Å²) in [7, 11) is 2.30. The van der Waals surface area contributed by atoms with Crippen molar-refractivity contribution in [2.24, 2.45) is 0 Å². The topological polar surface area (TPSA) is 12.9 Å². The quantitative estimate of drug-likeness (QED) is 0.621. The molecule has 1 fully saturated rings. The first-order chi connectivity index (χ1) is 8.31. The minimum Gasteiger partial charge on any atom is -0.244 e. The van der Waals surface area contributed by atoms with Gasteiger partial charge in [0.2, 0.25) is 0 Å². The summed E-state index contributed by atoms with van der Waals surface area (Å²) in [5.74, 6) is 0. The summed E-state index contributed by atoms with van der Waals surface area (Å²) >= 11 is 0. The lowest BCUT2D eigenvalue weighted by atomic mass is 9.79. The lowest BCUT2D eigenvalue weighted by molar-refractivity contribution is 0.376. The van der Waals surface area contributed by atoms with Gasteiger partial charge in [-0.15, -0.1) is 0 Å². The van der Waals surface area contributed by atoms with Crippen molar-refractivity contribution in [3.05, 3.63) is 11.5 Å². The monoisotopic (exact) mass is 269 g/mol. The molecule has 0 N–H and O–H groups in total. The van der Waals surface area contributed by atoms with Crippen molar-refractivity contribution in [2.45, 2.75) is 76.5 Å². The van der Waals surface area contributed by atoms with Crippen molar-refractivity contribution in [3.8, 4) is 0 Å². The standard InChI is InChI=1S/C14H25NP2/c1-14(13-12-15-17-16-13)10-8-6-4-2-3-5-7-9-11-14/h12,17H,2-11H2,1H3. The highest BCUT2D eigenvalue weighted by atomic mass is 31.8. The van der Waals surface area contributed by atoms with Crippen molar-refractivity contribution in [2.75, 3.05) is 0 Å². The van der Waals surface area contributed by atoms with E-state index >= 15 is 0 Å². The molecule has 96 valence electrons. The molecule has 1 aromatic rings. The van der Waals surface area contributed by atoms with Gasteiger partial charge in [-0.25, -0.2) is 4.75 Å². The molecule has 0 spiro atoms. The maximum atomic E-state index is 4.45. The van der Waals surface area contributed by atoms with E-state index in [-0.39, 0.29) is 0 Å². The number of rotatable bonds is 1. The third kappa shape index (κ3) is 4.08. The molecular formula is C14H25NP2. The zero-order valence-electron chi connectivity index (χ0n) is 11.0. The van der Waals surface area contributed by atoms with Crippen LogP contribution in [0.1, 0.15) is 76.4 Å². The molecule has 17 heavy (non-hydrogen) atoms. The van der Waals surface area contributed by atoms with Crippen LogP contribution >= 0.6 is 15.9 Å². The van der Waals surface area contributed by atoms with E-state index in [2.05, 4.69) is 17.9 Å². The first kappa shape index (κ1) is 13.6. The van der Waals surface area contributed by atoms with E-state index in [9.17, 15) is 0 Å². The summed E-state index contributed by atoms with van der Waals surface area (Å²) in [5, 5.41) is 1.63. The van der Waals surface area contributed by atoms with Crippen LogP contribution < -0.4 is 0 Å². The Balaban J connectivity index is 2.01. The van der Waals surface area contributed by atoms with E-state index in [1.54, 1.807) is 5.30 Å². The van der Waals surface area contributed by atoms with Gasteiger partial charge in [0.25, 0.3) is 0 Å². The fraction of sp³-hybridized carbons (Fsp3) is 0.857. The summed E-state index contributed by atoms with van der Waals surface area (Å²) in [6, 6.07) is 0. The molecule has 1 unspecified atom stereocenters. The molecule has 1 aliphatic carbocycles. The maximum absolute atomic E-state index is 4.45. The summed E-state index contributed by atoms with van der Waals surface area (Å²) in [6.07, 6.45) is 16.6. The minimum atomic E-state index is 0.471. The van der Waals surface area contributed by atoms with Gasteiger partial charge in [-0.3, -0.25) is 0 Å². The summed E-state index contributed by atoms with van der Waals surface area (Å²) in [5.41, 5.74) is 0.471. The van der Waals surface area contributed by atoms with Gasteiger partial charge in [-0.05, 0) is 34.2 Å². The molecule has 0 saturated heterocycles. The van der Waals surface area contributed by atoms with Gasteiger partial charge in [-0.2, -0.15) is 0 Å². The van der Waals surface area contributed by atoms with Gasteiger partial charge < -0.3 is 0 Å². The molecule has 1 aliphatic rings. The molecule has 1 atom stereocenters. The number of hydrogen-bond donors (Lipinski definition) is 0. The minimum absolute atomic E-state index is 0.471. The lowest BCUT2D eigenvalue weighted by Gasteiger charge is -2.28. The van der Waals surface area contributed by atoms with Gasteiger partial charge >= 0.3 is 0 Å². The smallest absolute Gasteiger partial charge is 0.0397 e. The second-order valence-corrected chi connectivity index (χ2v) is 8.18. The third-order valence-corrected chi connectivity index (χ3v) is 6.85. The fourth-order valence-electron chi connectivity index (χ4n) is 2.96. The first-order valence-corrected chi connectivity index (χ1v) is 9.86. The van der Waals surface area contributed by atoms with E-state index in [1.807, 2.05) is 0 Å². The average Bonchev–Trinajstić information content (AvgIpc) is 2.84. The Morgan fingerprint density at radius 2 is 1.53 bits per heavy atom. The highest BCUT2D eigenvalue weighted by molar-refractivity contribution is 7.89. The Kier molecular flexibility index (Phi) is 5.51. The average molecular weight is 269 g/mol. The van der Waals surface area contributed by atoms with E-state index < -0.39 is 0 Å². The van der Waals surface area contributed by atoms with Gasteiger partial charge in [0.05, 0.1) is 0 Å². The van der Waals surface area contributed by atoms with Gasteiger partial charge in [0.15, 0.2) is 0 Å². The highest BCUT2D eigenvalue weighted by Gasteiger charge is 2.26. The van der Waals surface area contributed by atoms with Crippen molar-refractivity contribution in [3.63, 3.8) is 0 Å². The molecule has 3 heteroatoms. The molecule has 1 nitrogen and oxygen atoms in total. The van der Waals surface area contributed by atoms with Crippen LogP contribution in [0.15, 0.2) is 6.20 Å². The largest absolute Gasteiger partial charge is 0.244 e. The molecule has 0 aliphatic heterocycles. The molecular weight excluding hydrogens is 244 g/mol. The maximum Gasteiger partial charge on any atom is 0.0397 e. The molecule has 0 amide bonds. The van der Waals surface area contributed by atoms with E-state index in [4.69, 9.17) is 0 Å². The van der Waals surface area contributed by atoms with E-state index in [0.29, 0.717) is 5.41 Å². The molecule has 1 saturated carbocycles. The van der Waals surface area contributed by atoms with Crippen LogP contribution in [0.5, 0.6) is 0 Å². The second-order valence-electron chi connectivity index (χ2n) is 5.74. The van der Waals surface area contributed by atoms with Crippen LogP contribution in [0, 0.1) is 0 Å². The van der Waals surface area contributed by atoms with Crippen LogP contribution in [-0.4, -0.2) is 4.75 Å². The third-order valence-electron chi connectivity index (χ3n) is 4.24. The Labute approximate surface area is 109 Å². The van der Waals surface area contributed by atoms with Crippen LogP contribution in [0.25, 0.3) is 0 Å². The van der Waals surface area contributed by atoms with E-state index in [1.165, 1.54) is 72.1 Å². The zero-order chi connectivity index (χ0) is 12.0. The van der Waals surface area contributed by atoms with Crippen molar-refractivity contribution < 1.29 is 0 Å². The molecule has 0 aromatic carbocycles. The lowest BCUT2D eigenvalue weighted by Crippen LogP contribution is -2.20.